The molecule has 1 aliphatic carbocycles. The van der Waals surface area contributed by atoms with Crippen LogP contribution in [0.2, 0.25) is 0 Å². The van der Waals surface area contributed by atoms with Gasteiger partial charge in [-0.3, -0.25) is 0 Å². The number of benzene rings is 1. The number of rotatable bonds is 6. The Hall–Kier alpha value is -1.61. The normalized spacial score (nSPS) is 21.1. The second-order valence-corrected chi connectivity index (χ2v) is 5.61. The lowest BCUT2D eigenvalue weighted by Gasteiger charge is -2.08. The summed E-state index contributed by atoms with van der Waals surface area (Å²) < 4.78 is 5.39. The number of ether oxygens (including phenoxy) is 1. The van der Waals surface area contributed by atoms with Crippen LogP contribution in [0.3, 0.4) is 0 Å². The van der Waals surface area contributed by atoms with E-state index in [2.05, 4.69) is 30.4 Å². The molecular formula is C17H22N2O. The zero-order chi connectivity index (χ0) is 13.9. The molecule has 0 amide bonds. The fourth-order valence-corrected chi connectivity index (χ4v) is 2.85. The van der Waals surface area contributed by atoms with E-state index >= 15 is 0 Å². The number of para-hydroxylation sites is 1. The zero-order valence-electron chi connectivity index (χ0n) is 12.2. The summed E-state index contributed by atoms with van der Waals surface area (Å²) in [5, 5.41) is 4.73. The monoisotopic (exact) mass is 270 g/mol. The SMILES string of the molecule is CCCC1CC1NCc1ccc2cccc(OC)c2n1. The maximum absolute atomic E-state index is 5.39. The molecule has 20 heavy (non-hydrogen) atoms. The minimum atomic E-state index is 0.699. The molecule has 1 heterocycles. The summed E-state index contributed by atoms with van der Waals surface area (Å²) in [6.07, 6.45) is 3.95. The topological polar surface area (TPSA) is 34.1 Å². The third-order valence-corrected chi connectivity index (χ3v) is 4.09. The highest BCUT2D eigenvalue weighted by Crippen LogP contribution is 2.34. The van der Waals surface area contributed by atoms with Gasteiger partial charge in [-0.1, -0.05) is 31.5 Å². The van der Waals surface area contributed by atoms with Crippen molar-refractivity contribution in [2.24, 2.45) is 5.92 Å². The average Bonchev–Trinajstić information content (AvgIpc) is 3.23. The van der Waals surface area contributed by atoms with E-state index in [1.54, 1.807) is 7.11 Å². The highest BCUT2D eigenvalue weighted by molar-refractivity contribution is 5.84. The minimum Gasteiger partial charge on any atom is -0.494 e. The summed E-state index contributed by atoms with van der Waals surface area (Å²) in [7, 11) is 1.70. The van der Waals surface area contributed by atoms with Crippen LogP contribution in [0.1, 0.15) is 31.9 Å². The molecule has 2 atom stereocenters. The molecule has 0 bridgehead atoms. The number of methoxy groups -OCH3 is 1. The lowest BCUT2D eigenvalue weighted by atomic mass is 10.2. The maximum Gasteiger partial charge on any atom is 0.145 e. The van der Waals surface area contributed by atoms with Crippen LogP contribution >= 0.6 is 0 Å². The second kappa shape index (κ2) is 5.80. The van der Waals surface area contributed by atoms with Gasteiger partial charge in [0.05, 0.1) is 12.8 Å². The minimum absolute atomic E-state index is 0.699. The van der Waals surface area contributed by atoms with Gasteiger partial charge in [-0.2, -0.15) is 0 Å². The second-order valence-electron chi connectivity index (χ2n) is 5.61. The third kappa shape index (κ3) is 2.78. The van der Waals surface area contributed by atoms with E-state index in [0.29, 0.717) is 6.04 Å². The predicted molar refractivity (Wildman–Crippen MR) is 81.9 cm³/mol. The van der Waals surface area contributed by atoms with Crippen LogP contribution < -0.4 is 10.1 Å². The van der Waals surface area contributed by atoms with Crippen molar-refractivity contribution in [3.05, 3.63) is 36.0 Å². The Kier molecular flexibility index (Phi) is 3.88. The fraction of sp³-hybridized carbons (Fsp3) is 0.471. The first kappa shape index (κ1) is 13.4. The molecule has 1 fully saturated rings. The quantitative estimate of drug-likeness (QED) is 0.872. The van der Waals surface area contributed by atoms with Gasteiger partial charge in [-0.25, -0.2) is 4.98 Å². The van der Waals surface area contributed by atoms with Crippen LogP contribution in [0.4, 0.5) is 0 Å². The number of fused-ring (bicyclic) bond motifs is 1. The van der Waals surface area contributed by atoms with Gasteiger partial charge in [0.2, 0.25) is 0 Å². The number of pyridine rings is 1. The first-order chi connectivity index (χ1) is 9.81. The summed E-state index contributed by atoms with van der Waals surface area (Å²) in [5.41, 5.74) is 2.04. The van der Waals surface area contributed by atoms with Gasteiger partial charge in [0, 0.05) is 18.0 Å². The van der Waals surface area contributed by atoms with Crippen LogP contribution in [-0.4, -0.2) is 18.1 Å². The maximum atomic E-state index is 5.39. The van der Waals surface area contributed by atoms with Crippen molar-refractivity contribution >= 4 is 10.9 Å². The number of nitrogens with one attached hydrogen (secondary N) is 1. The van der Waals surface area contributed by atoms with Gasteiger partial charge in [-0.05, 0) is 30.9 Å². The summed E-state index contributed by atoms with van der Waals surface area (Å²) in [4.78, 5) is 4.73. The van der Waals surface area contributed by atoms with E-state index < -0.39 is 0 Å². The van der Waals surface area contributed by atoms with Crippen LogP contribution in [0.15, 0.2) is 30.3 Å². The number of hydrogen-bond donors (Lipinski definition) is 1. The van der Waals surface area contributed by atoms with Crippen molar-refractivity contribution in [1.82, 2.24) is 10.3 Å². The van der Waals surface area contributed by atoms with E-state index in [1.807, 2.05) is 12.1 Å². The summed E-state index contributed by atoms with van der Waals surface area (Å²) in [6.45, 7) is 3.10. The van der Waals surface area contributed by atoms with Crippen molar-refractivity contribution in [2.45, 2.75) is 38.8 Å². The van der Waals surface area contributed by atoms with E-state index in [0.717, 1.165) is 34.8 Å². The van der Waals surface area contributed by atoms with E-state index in [1.165, 1.54) is 19.3 Å². The van der Waals surface area contributed by atoms with Gasteiger partial charge >= 0.3 is 0 Å². The Labute approximate surface area is 120 Å². The van der Waals surface area contributed by atoms with Gasteiger partial charge in [0.15, 0.2) is 0 Å². The molecule has 1 aromatic carbocycles. The first-order valence-electron chi connectivity index (χ1n) is 7.48. The molecule has 1 saturated carbocycles. The van der Waals surface area contributed by atoms with E-state index in [9.17, 15) is 0 Å². The van der Waals surface area contributed by atoms with Crippen molar-refractivity contribution in [2.75, 3.05) is 7.11 Å². The van der Waals surface area contributed by atoms with Crippen LogP contribution in [0.5, 0.6) is 5.75 Å². The molecule has 0 spiro atoms. The Morgan fingerprint density at radius 3 is 3.00 bits per heavy atom. The molecule has 2 unspecified atom stereocenters. The molecular weight excluding hydrogens is 248 g/mol. The molecule has 106 valence electrons. The summed E-state index contributed by atoms with van der Waals surface area (Å²) in [5.74, 6) is 1.73. The van der Waals surface area contributed by atoms with Crippen LogP contribution in [-0.2, 0) is 6.54 Å². The molecule has 0 aliphatic heterocycles. The van der Waals surface area contributed by atoms with E-state index in [-0.39, 0.29) is 0 Å². The van der Waals surface area contributed by atoms with Crippen molar-refractivity contribution in [3.63, 3.8) is 0 Å². The van der Waals surface area contributed by atoms with Gasteiger partial charge in [0.25, 0.3) is 0 Å². The molecule has 2 aromatic rings. The Morgan fingerprint density at radius 1 is 1.30 bits per heavy atom. The van der Waals surface area contributed by atoms with Crippen molar-refractivity contribution in [1.29, 1.82) is 0 Å². The Bertz CT molecular complexity index is 597. The van der Waals surface area contributed by atoms with Crippen LogP contribution in [0, 0.1) is 5.92 Å². The fourth-order valence-electron chi connectivity index (χ4n) is 2.85. The molecule has 3 rings (SSSR count). The lowest BCUT2D eigenvalue weighted by molar-refractivity contribution is 0.418. The molecule has 1 aromatic heterocycles. The van der Waals surface area contributed by atoms with Gasteiger partial charge < -0.3 is 10.1 Å². The smallest absolute Gasteiger partial charge is 0.145 e. The molecule has 1 N–H and O–H groups in total. The molecule has 1 aliphatic rings. The molecule has 3 heteroatoms. The van der Waals surface area contributed by atoms with Crippen molar-refractivity contribution in [3.8, 4) is 5.75 Å². The van der Waals surface area contributed by atoms with E-state index in [4.69, 9.17) is 9.72 Å². The molecule has 0 radical (unpaired) electrons. The number of aromatic nitrogens is 1. The lowest BCUT2D eigenvalue weighted by Crippen LogP contribution is -2.18. The number of hydrogen-bond acceptors (Lipinski definition) is 3. The highest BCUT2D eigenvalue weighted by atomic mass is 16.5. The average molecular weight is 270 g/mol. The predicted octanol–water partition coefficient (Wildman–Crippen LogP) is 3.52. The largest absolute Gasteiger partial charge is 0.494 e. The third-order valence-electron chi connectivity index (χ3n) is 4.09. The zero-order valence-corrected chi connectivity index (χ0v) is 12.2. The number of nitrogens with zero attached hydrogens (tertiary/aromatic N) is 1. The summed E-state index contributed by atoms with van der Waals surface area (Å²) >= 11 is 0. The van der Waals surface area contributed by atoms with Crippen LogP contribution in [0.25, 0.3) is 10.9 Å². The molecule has 0 saturated heterocycles. The highest BCUT2D eigenvalue weighted by Gasteiger charge is 2.35. The van der Waals surface area contributed by atoms with Gasteiger partial charge in [-0.15, -0.1) is 0 Å². The van der Waals surface area contributed by atoms with Gasteiger partial charge in [0.1, 0.15) is 11.3 Å². The molecule has 3 nitrogen and oxygen atoms in total. The Balaban J connectivity index is 1.70. The Morgan fingerprint density at radius 2 is 2.20 bits per heavy atom. The summed E-state index contributed by atoms with van der Waals surface area (Å²) in [6, 6.07) is 11.0. The van der Waals surface area contributed by atoms with Crippen molar-refractivity contribution < 1.29 is 4.74 Å². The standard InChI is InChI=1S/C17H22N2O/c1-3-5-13-10-15(13)18-11-14-9-8-12-6-4-7-16(20-2)17(12)19-14/h4,6-9,13,15,18H,3,5,10-11H2,1-2H3. The first-order valence-corrected chi connectivity index (χ1v) is 7.48.